The highest BCUT2D eigenvalue weighted by Gasteiger charge is 2.23. The lowest BCUT2D eigenvalue weighted by Crippen LogP contribution is -2.18. The molecular formula is C15H23N5. The summed E-state index contributed by atoms with van der Waals surface area (Å²) in [7, 11) is 2.01. The highest BCUT2D eigenvalue weighted by atomic mass is 15.3. The van der Waals surface area contributed by atoms with Gasteiger partial charge in [0.2, 0.25) is 0 Å². The number of hydrogen-bond acceptors (Lipinski definition) is 3. The van der Waals surface area contributed by atoms with Crippen LogP contribution in [-0.2, 0) is 20.0 Å². The quantitative estimate of drug-likeness (QED) is 0.877. The van der Waals surface area contributed by atoms with Crippen LogP contribution in [0.15, 0.2) is 12.4 Å². The molecule has 108 valence electrons. The molecule has 0 saturated heterocycles. The van der Waals surface area contributed by atoms with E-state index in [2.05, 4.69) is 33.8 Å². The van der Waals surface area contributed by atoms with Gasteiger partial charge in [-0.25, -0.2) is 4.98 Å². The van der Waals surface area contributed by atoms with Crippen LogP contribution in [0.1, 0.15) is 43.3 Å². The normalized spacial score (nSPS) is 14.9. The van der Waals surface area contributed by atoms with Crippen molar-refractivity contribution < 1.29 is 0 Å². The molecule has 1 aliphatic rings. The third-order valence-corrected chi connectivity index (χ3v) is 3.88. The molecule has 0 radical (unpaired) electrons. The second-order valence-corrected chi connectivity index (χ2v) is 5.63. The SMILES string of the molecule is CCCc1nccn1-c1c(CNC2CC2)c(C)nn1C. The molecule has 0 bridgehead atoms. The van der Waals surface area contributed by atoms with Crippen LogP contribution in [0, 0.1) is 6.92 Å². The smallest absolute Gasteiger partial charge is 0.140 e. The van der Waals surface area contributed by atoms with E-state index in [1.54, 1.807) is 0 Å². The van der Waals surface area contributed by atoms with E-state index in [1.165, 1.54) is 18.4 Å². The van der Waals surface area contributed by atoms with Crippen molar-refractivity contribution in [3.63, 3.8) is 0 Å². The van der Waals surface area contributed by atoms with Gasteiger partial charge in [0, 0.05) is 44.0 Å². The van der Waals surface area contributed by atoms with Crippen LogP contribution in [-0.4, -0.2) is 25.4 Å². The third kappa shape index (κ3) is 2.50. The minimum atomic E-state index is 0.709. The molecule has 2 heterocycles. The van der Waals surface area contributed by atoms with Crippen molar-refractivity contribution in [2.45, 2.75) is 52.1 Å². The lowest BCUT2D eigenvalue weighted by molar-refractivity contribution is 0.670. The molecule has 0 amide bonds. The predicted molar refractivity (Wildman–Crippen MR) is 78.9 cm³/mol. The lowest BCUT2D eigenvalue weighted by atomic mass is 10.2. The van der Waals surface area contributed by atoms with Crippen molar-refractivity contribution >= 4 is 0 Å². The predicted octanol–water partition coefficient (Wildman–Crippen LogP) is 2.12. The van der Waals surface area contributed by atoms with Crippen molar-refractivity contribution in [2.75, 3.05) is 0 Å². The molecule has 0 atom stereocenters. The first-order valence-electron chi connectivity index (χ1n) is 7.49. The highest BCUT2D eigenvalue weighted by molar-refractivity contribution is 5.39. The van der Waals surface area contributed by atoms with E-state index in [0.717, 1.165) is 36.7 Å². The van der Waals surface area contributed by atoms with E-state index >= 15 is 0 Å². The number of aromatic nitrogens is 4. The Kier molecular flexibility index (Phi) is 3.61. The summed E-state index contributed by atoms with van der Waals surface area (Å²) in [6.45, 7) is 5.16. The van der Waals surface area contributed by atoms with Gasteiger partial charge in [-0.1, -0.05) is 6.92 Å². The maximum atomic E-state index is 4.59. The fraction of sp³-hybridized carbons (Fsp3) is 0.600. The molecule has 5 heteroatoms. The van der Waals surface area contributed by atoms with Crippen molar-refractivity contribution in [1.82, 2.24) is 24.6 Å². The fourth-order valence-corrected chi connectivity index (χ4v) is 2.67. The van der Waals surface area contributed by atoms with Crippen LogP contribution in [0.3, 0.4) is 0 Å². The summed E-state index contributed by atoms with van der Waals surface area (Å²) in [5.74, 6) is 2.26. The van der Waals surface area contributed by atoms with Gasteiger partial charge in [0.25, 0.3) is 0 Å². The van der Waals surface area contributed by atoms with E-state index in [0.29, 0.717) is 6.04 Å². The second kappa shape index (κ2) is 5.40. The minimum absolute atomic E-state index is 0.709. The first-order valence-corrected chi connectivity index (χ1v) is 7.49. The van der Waals surface area contributed by atoms with E-state index < -0.39 is 0 Å². The molecule has 1 N–H and O–H groups in total. The number of rotatable bonds is 6. The lowest BCUT2D eigenvalue weighted by Gasteiger charge is -2.11. The summed E-state index contributed by atoms with van der Waals surface area (Å²) in [4.78, 5) is 4.48. The van der Waals surface area contributed by atoms with Crippen molar-refractivity contribution in [3.05, 3.63) is 29.5 Å². The second-order valence-electron chi connectivity index (χ2n) is 5.63. The largest absolute Gasteiger partial charge is 0.310 e. The van der Waals surface area contributed by atoms with E-state index in [-0.39, 0.29) is 0 Å². The molecule has 2 aromatic heterocycles. The number of aryl methyl sites for hydroxylation is 3. The Hall–Kier alpha value is -1.62. The zero-order valence-corrected chi connectivity index (χ0v) is 12.6. The summed E-state index contributed by atoms with van der Waals surface area (Å²) < 4.78 is 4.16. The third-order valence-electron chi connectivity index (χ3n) is 3.88. The van der Waals surface area contributed by atoms with Crippen molar-refractivity contribution in [3.8, 4) is 5.82 Å². The topological polar surface area (TPSA) is 47.7 Å². The van der Waals surface area contributed by atoms with E-state index in [9.17, 15) is 0 Å². The van der Waals surface area contributed by atoms with Crippen LogP contribution in [0.2, 0.25) is 0 Å². The van der Waals surface area contributed by atoms with Gasteiger partial charge in [0.05, 0.1) is 5.69 Å². The zero-order valence-electron chi connectivity index (χ0n) is 12.6. The van der Waals surface area contributed by atoms with Gasteiger partial charge < -0.3 is 5.32 Å². The van der Waals surface area contributed by atoms with Gasteiger partial charge in [-0.3, -0.25) is 9.25 Å². The molecule has 1 saturated carbocycles. The number of nitrogens with zero attached hydrogens (tertiary/aromatic N) is 4. The van der Waals surface area contributed by atoms with Gasteiger partial charge >= 0.3 is 0 Å². The maximum Gasteiger partial charge on any atom is 0.140 e. The maximum absolute atomic E-state index is 4.59. The molecule has 0 aliphatic heterocycles. The molecule has 3 rings (SSSR count). The molecule has 20 heavy (non-hydrogen) atoms. The Labute approximate surface area is 120 Å². The molecule has 1 aliphatic carbocycles. The van der Waals surface area contributed by atoms with Gasteiger partial charge in [-0.05, 0) is 26.2 Å². The zero-order chi connectivity index (χ0) is 14.1. The molecule has 5 nitrogen and oxygen atoms in total. The minimum Gasteiger partial charge on any atom is -0.310 e. The number of hydrogen-bond donors (Lipinski definition) is 1. The Balaban J connectivity index is 1.95. The number of imidazole rings is 1. The Bertz CT molecular complexity index is 591. The van der Waals surface area contributed by atoms with Crippen molar-refractivity contribution in [1.29, 1.82) is 0 Å². The Morgan fingerprint density at radius 3 is 2.90 bits per heavy atom. The number of nitrogens with one attached hydrogen (secondary N) is 1. The van der Waals surface area contributed by atoms with Crippen LogP contribution in [0.4, 0.5) is 0 Å². The molecule has 2 aromatic rings. The monoisotopic (exact) mass is 273 g/mol. The standard InChI is InChI=1S/C15H23N5/c1-4-5-14-16-8-9-20(14)15-13(10-17-12-6-7-12)11(2)18-19(15)3/h8-9,12,17H,4-7,10H2,1-3H3. The van der Waals surface area contributed by atoms with Crippen molar-refractivity contribution in [2.24, 2.45) is 7.05 Å². The Morgan fingerprint density at radius 1 is 1.40 bits per heavy atom. The summed E-state index contributed by atoms with van der Waals surface area (Å²) in [5.41, 5.74) is 2.39. The average Bonchev–Trinajstić information content (AvgIpc) is 3.06. The van der Waals surface area contributed by atoms with Crippen LogP contribution in [0.25, 0.3) is 5.82 Å². The molecular weight excluding hydrogens is 250 g/mol. The summed E-state index contributed by atoms with van der Waals surface area (Å²) in [6, 6.07) is 0.709. The molecule has 0 unspecified atom stereocenters. The molecule has 0 spiro atoms. The van der Waals surface area contributed by atoms with Crippen LogP contribution >= 0.6 is 0 Å². The van der Waals surface area contributed by atoms with Gasteiger partial charge in [0.15, 0.2) is 0 Å². The summed E-state index contributed by atoms with van der Waals surface area (Å²) in [5, 5.41) is 8.19. The van der Waals surface area contributed by atoms with Gasteiger partial charge in [0.1, 0.15) is 11.6 Å². The summed E-state index contributed by atoms with van der Waals surface area (Å²) >= 11 is 0. The molecule has 0 aromatic carbocycles. The van der Waals surface area contributed by atoms with Gasteiger partial charge in [-0.2, -0.15) is 5.10 Å². The van der Waals surface area contributed by atoms with E-state index in [4.69, 9.17) is 0 Å². The fourth-order valence-electron chi connectivity index (χ4n) is 2.67. The van der Waals surface area contributed by atoms with Crippen LogP contribution < -0.4 is 5.32 Å². The first-order chi connectivity index (χ1) is 9.70. The van der Waals surface area contributed by atoms with Gasteiger partial charge in [-0.15, -0.1) is 0 Å². The Morgan fingerprint density at radius 2 is 2.20 bits per heavy atom. The highest BCUT2D eigenvalue weighted by Crippen LogP contribution is 2.23. The first kappa shape index (κ1) is 13.4. The van der Waals surface area contributed by atoms with E-state index in [1.807, 2.05) is 24.1 Å². The summed E-state index contributed by atoms with van der Waals surface area (Å²) in [6.07, 6.45) is 8.63. The molecule has 1 fully saturated rings. The van der Waals surface area contributed by atoms with Crippen LogP contribution in [0.5, 0.6) is 0 Å². The average molecular weight is 273 g/mol.